The summed E-state index contributed by atoms with van der Waals surface area (Å²) in [7, 11) is 0. The largest absolute Gasteiger partial charge is 0.480 e. The van der Waals surface area contributed by atoms with Gasteiger partial charge in [0.25, 0.3) is 0 Å². The SMILES string of the molecule is CCC(NC(=O)N1CCC(C)CC1C(=O)O)c1cccs1. The van der Waals surface area contributed by atoms with E-state index in [2.05, 4.69) is 5.32 Å². The van der Waals surface area contributed by atoms with Crippen LogP contribution >= 0.6 is 11.3 Å². The second kappa shape index (κ2) is 6.93. The van der Waals surface area contributed by atoms with Crippen LogP contribution in [0.3, 0.4) is 0 Å². The monoisotopic (exact) mass is 310 g/mol. The first-order valence-corrected chi connectivity index (χ1v) is 8.24. The summed E-state index contributed by atoms with van der Waals surface area (Å²) in [6, 6.07) is 2.92. The molecule has 3 unspecified atom stereocenters. The van der Waals surface area contributed by atoms with Crippen molar-refractivity contribution < 1.29 is 14.7 Å². The number of aliphatic carboxylic acids is 1. The minimum Gasteiger partial charge on any atom is -0.480 e. The third-order valence-electron chi connectivity index (χ3n) is 4.00. The highest BCUT2D eigenvalue weighted by Gasteiger charge is 2.35. The van der Waals surface area contributed by atoms with Gasteiger partial charge in [0.15, 0.2) is 0 Å². The summed E-state index contributed by atoms with van der Waals surface area (Å²) in [5.41, 5.74) is 0. The second-order valence-corrected chi connectivity index (χ2v) is 6.58. The number of urea groups is 1. The molecule has 1 aliphatic heterocycles. The number of amides is 2. The Kier molecular flexibility index (Phi) is 5.22. The van der Waals surface area contributed by atoms with Crippen LogP contribution in [0.4, 0.5) is 4.79 Å². The average molecular weight is 310 g/mol. The van der Waals surface area contributed by atoms with Crippen molar-refractivity contribution in [3.8, 4) is 0 Å². The number of nitrogens with one attached hydrogen (secondary N) is 1. The lowest BCUT2D eigenvalue weighted by Gasteiger charge is -2.36. The summed E-state index contributed by atoms with van der Waals surface area (Å²) < 4.78 is 0. The number of thiophene rings is 1. The molecule has 1 saturated heterocycles. The van der Waals surface area contributed by atoms with Crippen LogP contribution in [-0.4, -0.2) is 34.6 Å². The van der Waals surface area contributed by atoms with Gasteiger partial charge in [-0.15, -0.1) is 11.3 Å². The molecule has 6 heteroatoms. The van der Waals surface area contributed by atoms with Crippen LogP contribution in [-0.2, 0) is 4.79 Å². The Labute approximate surface area is 129 Å². The number of carboxylic acids is 1. The third-order valence-corrected chi connectivity index (χ3v) is 4.99. The lowest BCUT2D eigenvalue weighted by atomic mass is 9.93. The number of likely N-dealkylation sites (tertiary alicyclic amines) is 1. The number of piperidine rings is 1. The van der Waals surface area contributed by atoms with E-state index >= 15 is 0 Å². The van der Waals surface area contributed by atoms with Crippen molar-refractivity contribution >= 4 is 23.3 Å². The maximum atomic E-state index is 12.4. The van der Waals surface area contributed by atoms with E-state index in [0.717, 1.165) is 17.7 Å². The van der Waals surface area contributed by atoms with Crippen molar-refractivity contribution in [2.75, 3.05) is 6.54 Å². The minimum absolute atomic E-state index is 0.0497. The first-order chi connectivity index (χ1) is 10.0. The topological polar surface area (TPSA) is 69.6 Å². The number of carbonyl (C=O) groups is 2. The summed E-state index contributed by atoms with van der Waals surface area (Å²) in [4.78, 5) is 26.4. The van der Waals surface area contributed by atoms with Gasteiger partial charge in [-0.25, -0.2) is 9.59 Å². The fourth-order valence-corrected chi connectivity index (χ4v) is 3.58. The van der Waals surface area contributed by atoms with Crippen molar-refractivity contribution in [2.45, 2.75) is 45.2 Å². The Morgan fingerprint density at radius 1 is 1.57 bits per heavy atom. The quantitative estimate of drug-likeness (QED) is 0.898. The van der Waals surface area contributed by atoms with Gasteiger partial charge in [-0.2, -0.15) is 0 Å². The number of rotatable bonds is 4. The Hall–Kier alpha value is -1.56. The molecule has 2 amide bonds. The van der Waals surface area contributed by atoms with Crippen LogP contribution < -0.4 is 5.32 Å². The normalized spacial score (nSPS) is 23.6. The van der Waals surface area contributed by atoms with Gasteiger partial charge in [0.1, 0.15) is 6.04 Å². The zero-order valence-electron chi connectivity index (χ0n) is 12.4. The zero-order valence-corrected chi connectivity index (χ0v) is 13.2. The molecule has 1 aromatic rings. The van der Waals surface area contributed by atoms with Crippen molar-refractivity contribution in [1.29, 1.82) is 0 Å². The van der Waals surface area contributed by atoms with Crippen LogP contribution in [0, 0.1) is 5.92 Å². The van der Waals surface area contributed by atoms with Crippen molar-refractivity contribution in [1.82, 2.24) is 10.2 Å². The molecule has 0 bridgehead atoms. The van der Waals surface area contributed by atoms with Crippen LogP contribution in [0.25, 0.3) is 0 Å². The predicted octanol–water partition coefficient (Wildman–Crippen LogP) is 3.09. The van der Waals surface area contributed by atoms with Gasteiger partial charge >= 0.3 is 12.0 Å². The Morgan fingerprint density at radius 3 is 2.90 bits per heavy atom. The number of hydrogen-bond donors (Lipinski definition) is 2. The predicted molar refractivity (Wildman–Crippen MR) is 82.4 cm³/mol. The van der Waals surface area contributed by atoms with Gasteiger partial charge in [0.05, 0.1) is 6.04 Å². The molecule has 0 spiro atoms. The molecule has 21 heavy (non-hydrogen) atoms. The molecule has 1 aromatic heterocycles. The van der Waals surface area contributed by atoms with Gasteiger partial charge < -0.3 is 15.3 Å². The molecule has 2 N–H and O–H groups in total. The summed E-state index contributed by atoms with van der Waals surface area (Å²) in [5.74, 6) is -0.574. The molecule has 0 aliphatic carbocycles. The van der Waals surface area contributed by atoms with E-state index < -0.39 is 12.0 Å². The molecule has 1 fully saturated rings. The van der Waals surface area contributed by atoms with Crippen LogP contribution in [0.5, 0.6) is 0 Å². The molecule has 2 heterocycles. The van der Waals surface area contributed by atoms with Crippen molar-refractivity contribution in [3.05, 3.63) is 22.4 Å². The highest BCUT2D eigenvalue weighted by atomic mass is 32.1. The maximum absolute atomic E-state index is 12.4. The first-order valence-electron chi connectivity index (χ1n) is 7.36. The van der Waals surface area contributed by atoms with Crippen LogP contribution in [0.15, 0.2) is 17.5 Å². The number of nitrogens with zero attached hydrogens (tertiary/aromatic N) is 1. The van der Waals surface area contributed by atoms with Crippen LogP contribution in [0.2, 0.25) is 0 Å². The van der Waals surface area contributed by atoms with E-state index in [-0.39, 0.29) is 12.1 Å². The zero-order chi connectivity index (χ0) is 15.4. The van der Waals surface area contributed by atoms with Crippen LogP contribution in [0.1, 0.15) is 44.0 Å². The lowest BCUT2D eigenvalue weighted by molar-refractivity contribution is -0.143. The maximum Gasteiger partial charge on any atom is 0.326 e. The molecule has 2 rings (SSSR count). The van der Waals surface area contributed by atoms with E-state index in [0.29, 0.717) is 18.9 Å². The summed E-state index contributed by atoms with van der Waals surface area (Å²) in [6.07, 6.45) is 2.17. The molecular formula is C15H22N2O3S. The Morgan fingerprint density at radius 2 is 2.33 bits per heavy atom. The average Bonchev–Trinajstić information content (AvgIpc) is 2.98. The van der Waals surface area contributed by atoms with Gasteiger partial charge in [0, 0.05) is 11.4 Å². The number of carbonyl (C=O) groups excluding carboxylic acids is 1. The summed E-state index contributed by atoms with van der Waals surface area (Å²) in [6.45, 7) is 4.55. The molecule has 0 saturated carbocycles. The molecule has 116 valence electrons. The van der Waals surface area contributed by atoms with Gasteiger partial charge in [0.2, 0.25) is 0 Å². The van der Waals surface area contributed by atoms with E-state index in [1.807, 2.05) is 31.4 Å². The van der Waals surface area contributed by atoms with Crippen molar-refractivity contribution in [3.63, 3.8) is 0 Å². The van der Waals surface area contributed by atoms with Crippen molar-refractivity contribution in [2.24, 2.45) is 5.92 Å². The second-order valence-electron chi connectivity index (χ2n) is 5.60. The minimum atomic E-state index is -0.916. The van der Waals surface area contributed by atoms with Gasteiger partial charge in [-0.3, -0.25) is 0 Å². The molecular weight excluding hydrogens is 288 g/mol. The summed E-state index contributed by atoms with van der Waals surface area (Å²) >= 11 is 1.60. The first kappa shape index (κ1) is 15.8. The molecule has 0 radical (unpaired) electrons. The Balaban J connectivity index is 2.05. The van der Waals surface area contributed by atoms with E-state index in [1.54, 1.807) is 11.3 Å². The molecule has 1 aliphatic rings. The fraction of sp³-hybridized carbons (Fsp3) is 0.600. The highest BCUT2D eigenvalue weighted by Crippen LogP contribution is 2.25. The number of hydrogen-bond acceptors (Lipinski definition) is 3. The third kappa shape index (κ3) is 3.75. The Bertz CT molecular complexity index is 489. The van der Waals surface area contributed by atoms with E-state index in [4.69, 9.17) is 0 Å². The van der Waals surface area contributed by atoms with Gasteiger partial charge in [-0.05, 0) is 36.6 Å². The lowest BCUT2D eigenvalue weighted by Crippen LogP contribution is -2.53. The number of carboxylic acid groups (broad SMARTS) is 1. The summed E-state index contributed by atoms with van der Waals surface area (Å²) in [5, 5.41) is 14.3. The van der Waals surface area contributed by atoms with E-state index in [1.165, 1.54) is 4.90 Å². The highest BCUT2D eigenvalue weighted by molar-refractivity contribution is 7.10. The fourth-order valence-electron chi connectivity index (χ4n) is 2.71. The standard InChI is InChI=1S/C15H22N2O3S/c1-3-11(13-5-4-8-21-13)16-15(20)17-7-6-10(2)9-12(17)14(18)19/h4-5,8,10-12H,3,6-7,9H2,1-2H3,(H,16,20)(H,18,19). The molecule has 0 aromatic carbocycles. The van der Waals surface area contributed by atoms with Gasteiger partial charge in [-0.1, -0.05) is 19.9 Å². The smallest absolute Gasteiger partial charge is 0.326 e. The van der Waals surface area contributed by atoms with E-state index in [9.17, 15) is 14.7 Å². The molecule has 3 atom stereocenters. The molecule has 5 nitrogen and oxygen atoms in total.